The molecule has 6 heteroatoms. The van der Waals surface area contributed by atoms with Crippen molar-refractivity contribution in [1.29, 1.82) is 0 Å². The molecule has 132 valence electrons. The number of nitrogens with zero attached hydrogens (tertiary/aromatic N) is 3. The Labute approximate surface area is 148 Å². The number of hydrogen-bond donors (Lipinski definition) is 1. The third-order valence-corrected chi connectivity index (χ3v) is 4.80. The fourth-order valence-corrected chi connectivity index (χ4v) is 3.49. The normalized spacial score (nSPS) is 16.6. The van der Waals surface area contributed by atoms with Crippen molar-refractivity contribution in [2.24, 2.45) is 0 Å². The van der Waals surface area contributed by atoms with Gasteiger partial charge in [0.25, 0.3) is 0 Å². The monoisotopic (exact) mass is 340 g/mol. The third kappa shape index (κ3) is 3.54. The average molecular weight is 340 g/mol. The molecule has 1 fully saturated rings. The molecule has 0 bridgehead atoms. The number of aromatic nitrogens is 2. The summed E-state index contributed by atoms with van der Waals surface area (Å²) in [6.45, 7) is 4.41. The van der Waals surface area contributed by atoms with Gasteiger partial charge in [-0.1, -0.05) is 0 Å². The lowest BCUT2D eigenvalue weighted by Gasteiger charge is -2.30. The van der Waals surface area contributed by atoms with Gasteiger partial charge in [-0.2, -0.15) is 0 Å². The van der Waals surface area contributed by atoms with Crippen LogP contribution in [0.25, 0.3) is 0 Å². The highest BCUT2D eigenvalue weighted by Crippen LogP contribution is 2.29. The van der Waals surface area contributed by atoms with Crippen LogP contribution in [0.2, 0.25) is 0 Å². The maximum atomic E-state index is 5.88. The number of methoxy groups -OCH3 is 1. The molecule has 2 heterocycles. The van der Waals surface area contributed by atoms with Gasteiger partial charge in [0.05, 0.1) is 7.11 Å². The van der Waals surface area contributed by atoms with E-state index < -0.39 is 0 Å². The van der Waals surface area contributed by atoms with Gasteiger partial charge >= 0.3 is 0 Å². The molecule has 25 heavy (non-hydrogen) atoms. The first-order valence-corrected chi connectivity index (χ1v) is 8.94. The summed E-state index contributed by atoms with van der Waals surface area (Å²) in [6, 6.07) is 7.60. The molecule has 1 aromatic heterocycles. The van der Waals surface area contributed by atoms with E-state index in [0.29, 0.717) is 6.61 Å². The highest BCUT2D eigenvalue weighted by molar-refractivity contribution is 5.51. The van der Waals surface area contributed by atoms with Gasteiger partial charge in [-0.25, -0.2) is 9.97 Å². The van der Waals surface area contributed by atoms with Crippen molar-refractivity contribution in [2.75, 3.05) is 38.2 Å². The van der Waals surface area contributed by atoms with Crippen LogP contribution in [0.15, 0.2) is 24.3 Å². The third-order valence-electron chi connectivity index (χ3n) is 4.80. The number of ether oxygens (including phenoxy) is 2. The number of benzene rings is 1. The Morgan fingerprint density at radius 3 is 2.56 bits per heavy atom. The van der Waals surface area contributed by atoms with Crippen LogP contribution in [-0.2, 0) is 19.4 Å². The molecular formula is C19H24N4O2. The van der Waals surface area contributed by atoms with Crippen LogP contribution >= 0.6 is 0 Å². The van der Waals surface area contributed by atoms with Crippen LogP contribution in [0, 0.1) is 0 Å². The second-order valence-corrected chi connectivity index (χ2v) is 6.44. The lowest BCUT2D eigenvalue weighted by molar-refractivity contribution is 0.294. The Morgan fingerprint density at radius 2 is 1.80 bits per heavy atom. The highest BCUT2D eigenvalue weighted by Gasteiger charge is 2.24. The molecule has 0 saturated carbocycles. The van der Waals surface area contributed by atoms with Crippen molar-refractivity contribution < 1.29 is 9.47 Å². The molecule has 6 nitrogen and oxygen atoms in total. The summed E-state index contributed by atoms with van der Waals surface area (Å²) in [5, 5.41) is 3.40. The van der Waals surface area contributed by atoms with E-state index in [2.05, 4.69) is 10.2 Å². The lowest BCUT2D eigenvalue weighted by Crippen LogP contribution is -2.44. The number of rotatable bonds is 5. The van der Waals surface area contributed by atoms with Crippen LogP contribution in [-0.4, -0.2) is 43.3 Å². The number of hydrogen-bond acceptors (Lipinski definition) is 6. The number of nitrogens with one attached hydrogen (secondary N) is 1. The van der Waals surface area contributed by atoms with E-state index in [-0.39, 0.29) is 0 Å². The number of fused-ring (bicyclic) bond motifs is 1. The quantitative estimate of drug-likeness (QED) is 0.898. The fraction of sp³-hybridized carbons (Fsp3) is 0.474. The van der Waals surface area contributed by atoms with Crippen molar-refractivity contribution in [3.8, 4) is 11.5 Å². The molecule has 1 aromatic carbocycles. The molecular weight excluding hydrogens is 316 g/mol. The van der Waals surface area contributed by atoms with E-state index >= 15 is 0 Å². The Kier molecular flexibility index (Phi) is 4.70. The van der Waals surface area contributed by atoms with Gasteiger partial charge in [-0.15, -0.1) is 0 Å². The zero-order chi connectivity index (χ0) is 17.1. The molecule has 0 amide bonds. The van der Waals surface area contributed by atoms with Crippen molar-refractivity contribution in [2.45, 2.75) is 25.9 Å². The summed E-state index contributed by atoms with van der Waals surface area (Å²) in [6.07, 6.45) is 3.31. The summed E-state index contributed by atoms with van der Waals surface area (Å²) in [7, 11) is 1.66. The number of aryl methyl sites for hydroxylation is 1. The first-order valence-electron chi connectivity index (χ1n) is 8.94. The van der Waals surface area contributed by atoms with Gasteiger partial charge in [-0.05, 0) is 43.5 Å². The smallest absolute Gasteiger partial charge is 0.168 e. The van der Waals surface area contributed by atoms with E-state index in [4.69, 9.17) is 19.4 Å². The molecule has 2 aromatic rings. The maximum absolute atomic E-state index is 5.88. The van der Waals surface area contributed by atoms with E-state index in [1.54, 1.807) is 7.11 Å². The van der Waals surface area contributed by atoms with Gasteiger partial charge in [-0.3, -0.25) is 0 Å². The largest absolute Gasteiger partial charge is 0.497 e. The van der Waals surface area contributed by atoms with Gasteiger partial charge in [0, 0.05) is 37.4 Å². The SMILES string of the molecule is COc1ccc(OCc2nc3c(c(N4CCNCC4)n2)CCC3)cc1. The number of piperazine rings is 1. The molecule has 0 atom stereocenters. The predicted octanol–water partition coefficient (Wildman–Crippen LogP) is 1.96. The molecule has 2 aliphatic rings. The van der Waals surface area contributed by atoms with E-state index in [1.165, 1.54) is 17.7 Å². The summed E-state index contributed by atoms with van der Waals surface area (Å²) in [5.41, 5.74) is 2.55. The minimum atomic E-state index is 0.388. The topological polar surface area (TPSA) is 59.5 Å². The minimum absolute atomic E-state index is 0.388. The standard InChI is InChI=1S/C19H24N4O2/c1-24-14-5-7-15(8-6-14)25-13-18-21-17-4-2-3-16(17)19(22-18)23-11-9-20-10-12-23/h5-8,20H,2-4,9-13H2,1H3. The minimum Gasteiger partial charge on any atom is -0.497 e. The van der Waals surface area contributed by atoms with Crippen LogP contribution in [0.5, 0.6) is 11.5 Å². The van der Waals surface area contributed by atoms with Gasteiger partial charge in [0.2, 0.25) is 0 Å². The molecule has 0 unspecified atom stereocenters. The highest BCUT2D eigenvalue weighted by atomic mass is 16.5. The van der Waals surface area contributed by atoms with Gasteiger partial charge in [0.15, 0.2) is 5.82 Å². The summed E-state index contributed by atoms with van der Waals surface area (Å²) in [5.74, 6) is 3.51. The molecule has 1 aliphatic carbocycles. The van der Waals surface area contributed by atoms with E-state index in [0.717, 1.165) is 62.2 Å². The molecule has 1 N–H and O–H groups in total. The Hall–Kier alpha value is -2.34. The van der Waals surface area contributed by atoms with Crippen molar-refractivity contribution in [3.63, 3.8) is 0 Å². The zero-order valence-corrected chi connectivity index (χ0v) is 14.6. The summed E-state index contributed by atoms with van der Waals surface area (Å²) < 4.78 is 11.1. The predicted molar refractivity (Wildman–Crippen MR) is 96.5 cm³/mol. The molecule has 1 aliphatic heterocycles. The molecule has 4 rings (SSSR count). The van der Waals surface area contributed by atoms with Crippen LogP contribution < -0.4 is 19.7 Å². The maximum Gasteiger partial charge on any atom is 0.168 e. The summed E-state index contributed by atoms with van der Waals surface area (Å²) in [4.78, 5) is 12.0. The summed E-state index contributed by atoms with van der Waals surface area (Å²) >= 11 is 0. The van der Waals surface area contributed by atoms with E-state index in [1.807, 2.05) is 24.3 Å². The Bertz CT molecular complexity index is 727. The first-order chi connectivity index (χ1) is 12.3. The van der Waals surface area contributed by atoms with Gasteiger partial charge in [0.1, 0.15) is 23.9 Å². The number of anilines is 1. The van der Waals surface area contributed by atoms with Crippen LogP contribution in [0.1, 0.15) is 23.5 Å². The zero-order valence-electron chi connectivity index (χ0n) is 14.6. The molecule has 0 spiro atoms. The first kappa shape index (κ1) is 16.1. The van der Waals surface area contributed by atoms with Crippen molar-refractivity contribution >= 4 is 5.82 Å². The van der Waals surface area contributed by atoms with Crippen LogP contribution in [0.3, 0.4) is 0 Å². The fourth-order valence-electron chi connectivity index (χ4n) is 3.49. The Balaban J connectivity index is 1.52. The average Bonchev–Trinajstić information content (AvgIpc) is 3.15. The van der Waals surface area contributed by atoms with Crippen molar-refractivity contribution in [1.82, 2.24) is 15.3 Å². The Morgan fingerprint density at radius 1 is 1.04 bits per heavy atom. The second kappa shape index (κ2) is 7.27. The second-order valence-electron chi connectivity index (χ2n) is 6.44. The molecule has 0 radical (unpaired) electrons. The van der Waals surface area contributed by atoms with Crippen molar-refractivity contribution in [3.05, 3.63) is 41.3 Å². The van der Waals surface area contributed by atoms with Gasteiger partial charge < -0.3 is 19.7 Å². The van der Waals surface area contributed by atoms with E-state index in [9.17, 15) is 0 Å². The van der Waals surface area contributed by atoms with Crippen LogP contribution in [0.4, 0.5) is 5.82 Å². The molecule has 1 saturated heterocycles. The lowest BCUT2D eigenvalue weighted by atomic mass is 10.2.